The lowest BCUT2D eigenvalue weighted by molar-refractivity contribution is -0.117. The number of primary sulfonamides is 1. The fraction of sp³-hybridized carbons (Fsp3) is 0.333. The number of imidazole rings is 1. The number of aromatic nitrogens is 4. The third-order valence-corrected chi connectivity index (χ3v) is 8.18. The molecular weight excluding hydrogens is 502 g/mol. The van der Waals surface area contributed by atoms with Gasteiger partial charge in [-0.1, -0.05) is 6.07 Å². The van der Waals surface area contributed by atoms with Gasteiger partial charge in [-0.2, -0.15) is 0 Å². The number of carbonyl (C=O) groups excluding carboxylic acids is 1. The Bertz CT molecular complexity index is 1660. The van der Waals surface area contributed by atoms with Crippen LogP contribution in [0.25, 0.3) is 5.65 Å². The topological polar surface area (TPSA) is 136 Å². The standard InChI is InChI=1S/C27H29N7O3S/c1-16-9-10-29-26(30-16)21-12-22(21)27(35)32-23-11-20(6-7-24(23)38(28,36)37)33(2)14-19-15-34-13-18(17-3-4-17)5-8-25(34)31-19/h5-11,13,15,17,21-22H,3-4,12,14H2,1-2H3,(H,32,35)(H2,28,36,37)/t21-,22-/m0/s1. The number of sulfonamides is 1. The van der Waals surface area contributed by atoms with Crippen LogP contribution in [0, 0.1) is 12.8 Å². The van der Waals surface area contributed by atoms with Gasteiger partial charge in [0.15, 0.2) is 0 Å². The van der Waals surface area contributed by atoms with Crippen molar-refractivity contribution in [3.8, 4) is 0 Å². The van der Waals surface area contributed by atoms with E-state index in [-0.39, 0.29) is 28.3 Å². The Labute approximate surface area is 221 Å². The number of anilines is 2. The van der Waals surface area contributed by atoms with Crippen LogP contribution in [-0.2, 0) is 21.4 Å². The van der Waals surface area contributed by atoms with Gasteiger partial charge in [-0.05, 0) is 68.0 Å². The number of carbonyl (C=O) groups is 1. The highest BCUT2D eigenvalue weighted by Crippen LogP contribution is 2.47. The molecule has 2 saturated carbocycles. The number of nitrogens with zero attached hydrogens (tertiary/aromatic N) is 5. The van der Waals surface area contributed by atoms with E-state index in [9.17, 15) is 13.2 Å². The number of benzene rings is 1. The summed E-state index contributed by atoms with van der Waals surface area (Å²) < 4.78 is 26.6. The van der Waals surface area contributed by atoms with Crippen molar-refractivity contribution in [2.75, 3.05) is 17.3 Å². The van der Waals surface area contributed by atoms with E-state index in [2.05, 4.69) is 31.9 Å². The number of aryl methyl sites for hydroxylation is 1. The minimum atomic E-state index is -4.05. The summed E-state index contributed by atoms with van der Waals surface area (Å²) in [5.74, 6) is 0.590. The Morgan fingerprint density at radius 2 is 1.97 bits per heavy atom. The quantitative estimate of drug-likeness (QED) is 0.356. The molecule has 4 aromatic rings. The van der Waals surface area contributed by atoms with Gasteiger partial charge in [-0.15, -0.1) is 0 Å². The first-order valence-corrected chi connectivity index (χ1v) is 14.2. The van der Waals surface area contributed by atoms with Crippen LogP contribution >= 0.6 is 0 Å². The molecule has 38 heavy (non-hydrogen) atoms. The number of hydrogen-bond donors (Lipinski definition) is 2. The van der Waals surface area contributed by atoms with Crippen molar-refractivity contribution in [3.63, 3.8) is 0 Å². The molecule has 196 valence electrons. The lowest BCUT2D eigenvalue weighted by atomic mass is 10.2. The van der Waals surface area contributed by atoms with Crippen molar-refractivity contribution >= 4 is 33.0 Å². The third-order valence-electron chi connectivity index (χ3n) is 7.21. The molecule has 3 N–H and O–H groups in total. The van der Waals surface area contributed by atoms with Crippen LogP contribution in [0.15, 0.2) is 59.9 Å². The van der Waals surface area contributed by atoms with Crippen LogP contribution < -0.4 is 15.4 Å². The van der Waals surface area contributed by atoms with Crippen LogP contribution in [0.2, 0.25) is 0 Å². The van der Waals surface area contributed by atoms with E-state index in [0.29, 0.717) is 24.7 Å². The fourth-order valence-electron chi connectivity index (χ4n) is 4.87. The zero-order chi connectivity index (χ0) is 26.6. The van der Waals surface area contributed by atoms with Crippen molar-refractivity contribution in [3.05, 3.63) is 77.8 Å². The fourth-order valence-corrected chi connectivity index (χ4v) is 5.55. The second-order valence-corrected chi connectivity index (χ2v) is 11.8. The molecule has 0 aliphatic heterocycles. The molecule has 11 heteroatoms. The molecule has 2 atom stereocenters. The van der Waals surface area contributed by atoms with Crippen molar-refractivity contribution in [1.29, 1.82) is 0 Å². The Balaban J connectivity index is 1.21. The first-order valence-electron chi connectivity index (χ1n) is 12.6. The summed E-state index contributed by atoms with van der Waals surface area (Å²) in [7, 11) is -2.16. The molecule has 10 nitrogen and oxygen atoms in total. The van der Waals surface area contributed by atoms with Crippen LogP contribution in [0.3, 0.4) is 0 Å². The minimum Gasteiger partial charge on any atom is -0.369 e. The van der Waals surface area contributed by atoms with Gasteiger partial charge in [0.05, 0.1) is 17.9 Å². The zero-order valence-electron chi connectivity index (χ0n) is 21.2. The van der Waals surface area contributed by atoms with Crippen LogP contribution in [0.4, 0.5) is 11.4 Å². The number of amides is 1. The van der Waals surface area contributed by atoms with Gasteiger partial charge in [0, 0.05) is 48.9 Å². The van der Waals surface area contributed by atoms with E-state index in [4.69, 9.17) is 10.1 Å². The number of pyridine rings is 1. The zero-order valence-corrected chi connectivity index (χ0v) is 22.0. The normalized spacial score (nSPS) is 18.9. The largest absolute Gasteiger partial charge is 0.369 e. The number of hydrogen-bond acceptors (Lipinski definition) is 7. The predicted octanol–water partition coefficient (Wildman–Crippen LogP) is 3.34. The van der Waals surface area contributed by atoms with E-state index in [1.807, 2.05) is 31.1 Å². The minimum absolute atomic E-state index is 0.0887. The molecule has 0 spiro atoms. The first-order chi connectivity index (χ1) is 18.2. The molecule has 1 aromatic carbocycles. The summed E-state index contributed by atoms with van der Waals surface area (Å²) in [6.45, 7) is 2.37. The van der Waals surface area contributed by atoms with Crippen molar-refractivity contribution < 1.29 is 13.2 Å². The van der Waals surface area contributed by atoms with Gasteiger partial charge < -0.3 is 14.6 Å². The molecule has 2 fully saturated rings. The molecule has 2 aliphatic carbocycles. The van der Waals surface area contributed by atoms with Gasteiger partial charge in [0.25, 0.3) is 0 Å². The van der Waals surface area contributed by atoms with E-state index in [1.165, 1.54) is 24.5 Å². The monoisotopic (exact) mass is 531 g/mol. The molecule has 2 aliphatic rings. The first kappa shape index (κ1) is 24.5. The highest BCUT2D eigenvalue weighted by molar-refractivity contribution is 7.89. The van der Waals surface area contributed by atoms with Gasteiger partial charge in [-0.25, -0.2) is 28.5 Å². The van der Waals surface area contributed by atoms with Gasteiger partial charge in [-0.3, -0.25) is 4.79 Å². The molecule has 0 bridgehead atoms. The Morgan fingerprint density at radius 1 is 1.16 bits per heavy atom. The Morgan fingerprint density at radius 3 is 2.71 bits per heavy atom. The lowest BCUT2D eigenvalue weighted by Gasteiger charge is -2.20. The average molecular weight is 532 g/mol. The molecule has 1 amide bonds. The molecule has 0 saturated heterocycles. The molecule has 6 rings (SSSR count). The summed E-state index contributed by atoms with van der Waals surface area (Å²) >= 11 is 0. The highest BCUT2D eigenvalue weighted by Gasteiger charge is 2.46. The Kier molecular flexibility index (Phi) is 5.92. The van der Waals surface area contributed by atoms with Crippen molar-refractivity contribution in [2.24, 2.45) is 11.1 Å². The molecular formula is C27H29N7O3S. The Hall–Kier alpha value is -3.83. The summed E-state index contributed by atoms with van der Waals surface area (Å²) in [6, 6.07) is 10.7. The molecule has 3 heterocycles. The molecule has 3 aromatic heterocycles. The SMILES string of the molecule is Cc1ccnc([C@H]2C[C@@H]2C(=O)Nc2cc(N(C)Cc3cn4cc(C5CC5)ccc4n3)ccc2S(N)(=O)=O)n1. The lowest BCUT2D eigenvalue weighted by Crippen LogP contribution is -2.22. The van der Waals surface area contributed by atoms with Gasteiger partial charge in [0.1, 0.15) is 16.4 Å². The number of rotatable bonds is 8. The summed E-state index contributed by atoms with van der Waals surface area (Å²) in [5, 5.41) is 8.26. The average Bonchev–Trinajstić information content (AvgIpc) is 3.79. The smallest absolute Gasteiger partial charge is 0.240 e. The highest BCUT2D eigenvalue weighted by atomic mass is 32.2. The van der Waals surface area contributed by atoms with Gasteiger partial charge >= 0.3 is 0 Å². The van der Waals surface area contributed by atoms with E-state index >= 15 is 0 Å². The molecule has 0 unspecified atom stereocenters. The van der Waals surface area contributed by atoms with Crippen LogP contribution in [0.5, 0.6) is 0 Å². The number of nitrogens with two attached hydrogens (primary N) is 1. The van der Waals surface area contributed by atoms with E-state index < -0.39 is 10.0 Å². The van der Waals surface area contributed by atoms with Crippen LogP contribution in [0.1, 0.15) is 53.9 Å². The maximum atomic E-state index is 13.0. The summed E-state index contributed by atoms with van der Waals surface area (Å²) in [4.78, 5) is 28.3. The van der Waals surface area contributed by atoms with Crippen LogP contribution in [-0.4, -0.2) is 40.7 Å². The third kappa shape index (κ3) is 4.99. The van der Waals surface area contributed by atoms with Crippen molar-refractivity contribution in [1.82, 2.24) is 19.4 Å². The molecule has 0 radical (unpaired) electrons. The summed E-state index contributed by atoms with van der Waals surface area (Å²) in [6.07, 6.45) is 8.92. The predicted molar refractivity (Wildman–Crippen MR) is 143 cm³/mol. The second-order valence-electron chi connectivity index (χ2n) is 10.3. The number of nitrogens with one attached hydrogen (secondary N) is 1. The second kappa shape index (κ2) is 9.17. The summed E-state index contributed by atoms with van der Waals surface area (Å²) in [5.41, 5.74) is 4.80. The van der Waals surface area contributed by atoms with Gasteiger partial charge in [0.2, 0.25) is 15.9 Å². The van der Waals surface area contributed by atoms with E-state index in [0.717, 1.165) is 22.7 Å². The van der Waals surface area contributed by atoms with Crippen molar-refractivity contribution in [2.45, 2.75) is 49.5 Å². The maximum Gasteiger partial charge on any atom is 0.240 e. The maximum absolute atomic E-state index is 13.0. The number of fused-ring (bicyclic) bond motifs is 1. The van der Waals surface area contributed by atoms with E-state index in [1.54, 1.807) is 24.4 Å².